The molecule has 0 saturated heterocycles. The summed E-state index contributed by atoms with van der Waals surface area (Å²) in [6.07, 6.45) is 0.250. The summed E-state index contributed by atoms with van der Waals surface area (Å²) in [5, 5.41) is 3.82. The molecule has 7 nitrogen and oxygen atoms in total. The smallest absolute Gasteiger partial charge is 0.264 e. The fraction of sp³-hybridized carbons (Fsp3) is 0.310. The molecule has 0 heterocycles. The predicted octanol–water partition coefficient (Wildman–Crippen LogP) is 7.14. The molecule has 0 saturated carbocycles. The van der Waals surface area contributed by atoms with E-state index in [9.17, 15) is 18.0 Å². The van der Waals surface area contributed by atoms with Gasteiger partial charge in [0, 0.05) is 38.2 Å². The Morgan fingerprint density at radius 2 is 1.46 bits per heavy atom. The minimum atomic E-state index is -4.28. The number of halogens is 4. The van der Waals surface area contributed by atoms with Crippen LogP contribution in [0.1, 0.15) is 38.3 Å². The first-order valence-electron chi connectivity index (χ1n) is 12.8. The zero-order valence-corrected chi connectivity index (χ0v) is 26.8. The number of nitrogens with zero attached hydrogens (tertiary/aromatic N) is 2. The van der Waals surface area contributed by atoms with Gasteiger partial charge in [-0.25, -0.2) is 8.42 Å². The second-order valence-corrected chi connectivity index (χ2v) is 13.3. The summed E-state index contributed by atoms with van der Waals surface area (Å²) in [7, 11) is -4.28. The van der Waals surface area contributed by atoms with Gasteiger partial charge < -0.3 is 10.2 Å². The number of hydrogen-bond donors (Lipinski definition) is 1. The lowest BCUT2D eigenvalue weighted by molar-refractivity contribution is -0.140. The molecule has 2 amide bonds. The molecule has 3 aromatic carbocycles. The molecule has 1 N–H and O–H groups in total. The van der Waals surface area contributed by atoms with Crippen molar-refractivity contribution in [1.82, 2.24) is 10.2 Å². The molecule has 3 rings (SSSR count). The maximum absolute atomic E-state index is 14.1. The third-order valence-corrected chi connectivity index (χ3v) is 9.16. The topological polar surface area (TPSA) is 86.8 Å². The number of carbonyl (C=O) groups is 2. The van der Waals surface area contributed by atoms with Gasteiger partial charge in [-0.2, -0.15) is 0 Å². The number of anilines is 1. The highest BCUT2D eigenvalue weighted by Crippen LogP contribution is 2.31. The van der Waals surface area contributed by atoms with E-state index in [4.69, 9.17) is 46.4 Å². The van der Waals surface area contributed by atoms with Crippen LogP contribution < -0.4 is 9.62 Å². The van der Waals surface area contributed by atoms with E-state index in [1.54, 1.807) is 51.1 Å². The molecule has 0 radical (unpaired) electrons. The maximum atomic E-state index is 14.1. The van der Waals surface area contributed by atoms with Gasteiger partial charge in [0.1, 0.15) is 12.6 Å². The molecule has 0 fully saturated rings. The van der Waals surface area contributed by atoms with Crippen LogP contribution in [0.4, 0.5) is 5.69 Å². The molecule has 0 aromatic heterocycles. The monoisotopic (exact) mass is 657 g/mol. The first-order valence-corrected chi connectivity index (χ1v) is 15.8. The van der Waals surface area contributed by atoms with Gasteiger partial charge in [-0.15, -0.1) is 0 Å². The Labute approximate surface area is 261 Å². The third-order valence-electron chi connectivity index (χ3n) is 6.23. The molecule has 0 aliphatic rings. The zero-order chi connectivity index (χ0) is 30.5. The average Bonchev–Trinajstić information content (AvgIpc) is 2.87. The molecule has 1 unspecified atom stereocenters. The van der Waals surface area contributed by atoms with Crippen LogP contribution in [-0.4, -0.2) is 43.8 Å². The van der Waals surface area contributed by atoms with E-state index in [-0.39, 0.29) is 39.6 Å². The van der Waals surface area contributed by atoms with E-state index >= 15 is 0 Å². The lowest BCUT2D eigenvalue weighted by atomic mass is 10.1. The highest BCUT2D eigenvalue weighted by molar-refractivity contribution is 7.92. The van der Waals surface area contributed by atoms with Crippen LogP contribution in [0, 0.1) is 6.92 Å². The Hall–Kier alpha value is -2.49. The van der Waals surface area contributed by atoms with Gasteiger partial charge in [0.05, 0.1) is 10.6 Å². The number of sulfonamides is 1. The predicted molar refractivity (Wildman–Crippen MR) is 167 cm³/mol. The SMILES string of the molecule is CCC(C(=O)NC(C)C)N(Cc1c(Cl)cccc1Cl)C(=O)CN(c1cc(Cl)cc(Cl)c1)S(=O)(=O)c1ccc(C)cc1. The second-order valence-electron chi connectivity index (χ2n) is 9.76. The summed E-state index contributed by atoms with van der Waals surface area (Å²) < 4.78 is 28.9. The van der Waals surface area contributed by atoms with Crippen molar-refractivity contribution in [3.8, 4) is 0 Å². The number of hydrogen-bond acceptors (Lipinski definition) is 4. The summed E-state index contributed by atoms with van der Waals surface area (Å²) >= 11 is 25.3. The third kappa shape index (κ3) is 8.30. The molecule has 0 bridgehead atoms. The van der Waals surface area contributed by atoms with Gasteiger partial charge in [-0.3, -0.25) is 13.9 Å². The minimum absolute atomic E-state index is 0.0303. The van der Waals surface area contributed by atoms with Crippen molar-refractivity contribution in [2.75, 3.05) is 10.8 Å². The lowest BCUT2D eigenvalue weighted by Crippen LogP contribution is -2.53. The Balaban J connectivity index is 2.14. The fourth-order valence-corrected chi connectivity index (χ4v) is 6.63. The van der Waals surface area contributed by atoms with E-state index in [0.717, 1.165) is 9.87 Å². The molecule has 3 aromatic rings. The van der Waals surface area contributed by atoms with Crippen LogP contribution in [0.15, 0.2) is 65.6 Å². The van der Waals surface area contributed by atoms with Gasteiger partial charge in [0.15, 0.2) is 0 Å². The summed E-state index contributed by atoms with van der Waals surface area (Å²) in [5.74, 6) is -1.05. The lowest BCUT2D eigenvalue weighted by Gasteiger charge is -2.34. The number of benzene rings is 3. The zero-order valence-electron chi connectivity index (χ0n) is 23.0. The number of carbonyl (C=O) groups excluding carboxylic acids is 2. The van der Waals surface area contributed by atoms with Crippen molar-refractivity contribution in [2.24, 2.45) is 0 Å². The second kappa shape index (κ2) is 14.1. The normalized spacial score (nSPS) is 12.2. The van der Waals surface area contributed by atoms with E-state index < -0.39 is 34.4 Å². The van der Waals surface area contributed by atoms with Gasteiger partial charge in [-0.1, -0.05) is 77.1 Å². The molecular weight excluding hydrogens is 628 g/mol. The highest BCUT2D eigenvalue weighted by Gasteiger charge is 2.34. The minimum Gasteiger partial charge on any atom is -0.352 e. The molecule has 220 valence electrons. The van der Waals surface area contributed by atoms with Crippen LogP contribution in [0.2, 0.25) is 20.1 Å². The molecule has 0 spiro atoms. The maximum Gasteiger partial charge on any atom is 0.264 e. The fourth-order valence-electron chi connectivity index (χ4n) is 4.20. The highest BCUT2D eigenvalue weighted by atomic mass is 35.5. The van der Waals surface area contributed by atoms with Crippen LogP contribution in [0.25, 0.3) is 0 Å². The summed E-state index contributed by atoms with van der Waals surface area (Å²) in [6, 6.07) is 14.3. The van der Waals surface area contributed by atoms with Crippen LogP contribution in [0.5, 0.6) is 0 Å². The number of nitrogens with one attached hydrogen (secondary N) is 1. The van der Waals surface area contributed by atoms with Crippen molar-refractivity contribution in [1.29, 1.82) is 0 Å². The van der Waals surface area contributed by atoms with Crippen molar-refractivity contribution >= 4 is 73.9 Å². The van der Waals surface area contributed by atoms with Crippen molar-refractivity contribution < 1.29 is 18.0 Å². The van der Waals surface area contributed by atoms with E-state index in [2.05, 4.69) is 5.32 Å². The number of amides is 2. The molecule has 41 heavy (non-hydrogen) atoms. The van der Waals surface area contributed by atoms with Gasteiger partial charge >= 0.3 is 0 Å². The van der Waals surface area contributed by atoms with Crippen molar-refractivity contribution in [3.63, 3.8) is 0 Å². The largest absolute Gasteiger partial charge is 0.352 e. The molecule has 1 atom stereocenters. The first kappa shape index (κ1) is 33.0. The van der Waals surface area contributed by atoms with Crippen LogP contribution in [0.3, 0.4) is 0 Å². The standard InChI is InChI=1S/C29H31Cl4N3O4S/c1-5-27(29(38)34-18(2)3)35(16-24-25(32)7-6-8-26(24)33)28(37)17-36(22-14-20(30)13-21(31)15-22)41(39,40)23-11-9-19(4)10-12-23/h6-15,18,27H,5,16-17H2,1-4H3,(H,34,38). The summed E-state index contributed by atoms with van der Waals surface area (Å²) in [5.41, 5.74) is 1.38. The van der Waals surface area contributed by atoms with Crippen molar-refractivity contribution in [3.05, 3.63) is 91.9 Å². The Kier molecular flexibility index (Phi) is 11.4. The molecule has 12 heteroatoms. The van der Waals surface area contributed by atoms with Gasteiger partial charge in [0.2, 0.25) is 11.8 Å². The average molecular weight is 659 g/mol. The van der Waals surface area contributed by atoms with E-state index in [1.807, 2.05) is 6.92 Å². The van der Waals surface area contributed by atoms with Crippen LogP contribution in [-0.2, 0) is 26.2 Å². The first-order chi connectivity index (χ1) is 19.2. The molecule has 0 aliphatic heterocycles. The summed E-state index contributed by atoms with van der Waals surface area (Å²) in [6.45, 7) is 6.42. The van der Waals surface area contributed by atoms with E-state index in [1.165, 1.54) is 35.2 Å². The van der Waals surface area contributed by atoms with Gasteiger partial charge in [-0.05, 0) is 69.7 Å². The molecule has 0 aliphatic carbocycles. The number of aryl methyl sites for hydroxylation is 1. The number of rotatable bonds is 11. The Bertz CT molecular complexity index is 1470. The Morgan fingerprint density at radius 3 is 1.98 bits per heavy atom. The van der Waals surface area contributed by atoms with Crippen molar-refractivity contribution in [2.45, 2.75) is 57.6 Å². The summed E-state index contributed by atoms with van der Waals surface area (Å²) in [4.78, 5) is 28.7. The molecular formula is C29H31Cl4N3O4S. The van der Waals surface area contributed by atoms with Gasteiger partial charge in [0.25, 0.3) is 10.0 Å². The Morgan fingerprint density at radius 1 is 0.902 bits per heavy atom. The van der Waals surface area contributed by atoms with E-state index in [0.29, 0.717) is 15.6 Å². The van der Waals surface area contributed by atoms with Crippen LogP contribution >= 0.6 is 46.4 Å². The quantitative estimate of drug-likeness (QED) is 0.237.